The van der Waals surface area contributed by atoms with E-state index in [9.17, 15) is 9.59 Å². The molecule has 0 bridgehead atoms. The van der Waals surface area contributed by atoms with Crippen LogP contribution in [0.5, 0.6) is 0 Å². The summed E-state index contributed by atoms with van der Waals surface area (Å²) in [5.74, 6) is 0.0797. The zero-order chi connectivity index (χ0) is 20.6. The summed E-state index contributed by atoms with van der Waals surface area (Å²) in [6, 6.07) is 16.1. The molecule has 2 aromatic carbocycles. The molecule has 154 valence electrons. The van der Waals surface area contributed by atoms with Crippen molar-refractivity contribution in [1.29, 1.82) is 0 Å². The van der Waals surface area contributed by atoms with E-state index in [1.165, 1.54) is 13.5 Å². The summed E-state index contributed by atoms with van der Waals surface area (Å²) < 4.78 is 5.77. The first-order chi connectivity index (χ1) is 14.1. The van der Waals surface area contributed by atoms with Gasteiger partial charge in [-0.1, -0.05) is 59.5 Å². The predicted octanol–water partition coefficient (Wildman–Crippen LogP) is 5.67. The SMILES string of the molecule is COC(=O)CCc1cccc(N(Cc2ccc(Br)cc2)C(=O)C2CCCCC2)c1. The van der Waals surface area contributed by atoms with Gasteiger partial charge in [-0.15, -0.1) is 0 Å². The number of hydrogen-bond donors (Lipinski definition) is 0. The van der Waals surface area contributed by atoms with Crippen LogP contribution >= 0.6 is 15.9 Å². The van der Waals surface area contributed by atoms with Crippen molar-refractivity contribution in [3.8, 4) is 0 Å². The number of anilines is 1. The van der Waals surface area contributed by atoms with Crippen LogP contribution in [0.1, 0.15) is 49.7 Å². The quantitative estimate of drug-likeness (QED) is 0.503. The molecule has 2 aromatic rings. The Bertz CT molecular complexity index is 828. The molecule has 0 heterocycles. The second-order valence-corrected chi connectivity index (χ2v) is 8.55. The summed E-state index contributed by atoms with van der Waals surface area (Å²) in [6.07, 6.45) is 6.35. The van der Waals surface area contributed by atoms with Crippen LogP contribution in [0.3, 0.4) is 0 Å². The largest absolute Gasteiger partial charge is 0.469 e. The van der Waals surface area contributed by atoms with Gasteiger partial charge in [0.1, 0.15) is 0 Å². The highest BCUT2D eigenvalue weighted by Crippen LogP contribution is 2.29. The third kappa shape index (κ3) is 6.17. The first-order valence-electron chi connectivity index (χ1n) is 10.3. The van der Waals surface area contributed by atoms with E-state index < -0.39 is 0 Å². The van der Waals surface area contributed by atoms with E-state index in [1.807, 2.05) is 53.4 Å². The molecule has 0 aliphatic heterocycles. The van der Waals surface area contributed by atoms with Crippen LogP contribution < -0.4 is 4.90 Å². The summed E-state index contributed by atoms with van der Waals surface area (Å²) in [4.78, 5) is 26.9. The summed E-state index contributed by atoms with van der Waals surface area (Å²) in [7, 11) is 1.40. The van der Waals surface area contributed by atoms with Crippen molar-refractivity contribution in [3.05, 3.63) is 64.1 Å². The third-order valence-corrected chi connectivity index (χ3v) is 6.07. The Kier molecular flexibility index (Phi) is 7.87. The van der Waals surface area contributed by atoms with E-state index in [0.717, 1.165) is 47.0 Å². The van der Waals surface area contributed by atoms with Crippen LogP contribution in [0.25, 0.3) is 0 Å². The maximum atomic E-state index is 13.4. The molecule has 4 nitrogen and oxygen atoms in total. The maximum Gasteiger partial charge on any atom is 0.305 e. The standard InChI is InChI=1S/C24H28BrNO3/c1-29-23(27)15-12-18-6-5-9-22(16-18)26(17-19-10-13-21(25)14-11-19)24(28)20-7-3-2-4-8-20/h5-6,9-11,13-14,16,20H,2-4,7-8,12,15,17H2,1H3. The van der Waals surface area contributed by atoms with Crippen molar-refractivity contribution in [2.24, 2.45) is 5.92 Å². The minimum absolute atomic E-state index is 0.0953. The minimum atomic E-state index is -0.222. The number of ether oxygens (including phenoxy) is 1. The number of amides is 1. The minimum Gasteiger partial charge on any atom is -0.469 e. The molecule has 0 spiro atoms. The zero-order valence-corrected chi connectivity index (χ0v) is 18.5. The van der Waals surface area contributed by atoms with Gasteiger partial charge in [-0.05, 0) is 54.7 Å². The van der Waals surface area contributed by atoms with Gasteiger partial charge in [0.05, 0.1) is 13.7 Å². The van der Waals surface area contributed by atoms with E-state index >= 15 is 0 Å². The lowest BCUT2D eigenvalue weighted by Crippen LogP contribution is -2.36. The number of carbonyl (C=O) groups excluding carboxylic acids is 2. The number of halogens is 1. The van der Waals surface area contributed by atoms with Crippen LogP contribution in [0.2, 0.25) is 0 Å². The molecular formula is C24H28BrNO3. The Hall–Kier alpha value is -2.14. The Balaban J connectivity index is 1.84. The van der Waals surface area contributed by atoms with Gasteiger partial charge in [-0.3, -0.25) is 9.59 Å². The van der Waals surface area contributed by atoms with Gasteiger partial charge in [0, 0.05) is 22.5 Å². The molecule has 3 rings (SSSR count). The van der Waals surface area contributed by atoms with E-state index in [2.05, 4.69) is 15.9 Å². The molecule has 5 heteroatoms. The van der Waals surface area contributed by atoms with E-state index in [4.69, 9.17) is 4.74 Å². The maximum absolute atomic E-state index is 13.4. The van der Waals surface area contributed by atoms with Gasteiger partial charge >= 0.3 is 5.97 Å². The Morgan fingerprint density at radius 3 is 2.45 bits per heavy atom. The highest BCUT2D eigenvalue weighted by molar-refractivity contribution is 9.10. The Morgan fingerprint density at radius 2 is 1.76 bits per heavy atom. The number of nitrogens with zero attached hydrogens (tertiary/aromatic N) is 1. The summed E-state index contributed by atoms with van der Waals surface area (Å²) >= 11 is 3.47. The van der Waals surface area contributed by atoms with Crippen LogP contribution in [0.4, 0.5) is 5.69 Å². The highest BCUT2D eigenvalue weighted by atomic mass is 79.9. The van der Waals surface area contributed by atoms with Crippen LogP contribution in [-0.2, 0) is 27.3 Å². The number of benzene rings is 2. The molecule has 1 fully saturated rings. The summed E-state index contributed by atoms with van der Waals surface area (Å²) in [5, 5.41) is 0. The molecular weight excluding hydrogens is 430 g/mol. The normalized spacial score (nSPS) is 14.4. The molecule has 0 atom stereocenters. The molecule has 0 radical (unpaired) electrons. The van der Waals surface area contributed by atoms with Gasteiger partial charge in [-0.2, -0.15) is 0 Å². The van der Waals surface area contributed by atoms with Gasteiger partial charge in [-0.25, -0.2) is 0 Å². The molecule has 0 aromatic heterocycles. The van der Waals surface area contributed by atoms with Crippen molar-refractivity contribution in [1.82, 2.24) is 0 Å². The lowest BCUT2D eigenvalue weighted by Gasteiger charge is -2.30. The topological polar surface area (TPSA) is 46.6 Å². The van der Waals surface area contributed by atoms with Gasteiger partial charge in [0.15, 0.2) is 0 Å². The molecule has 0 N–H and O–H groups in total. The van der Waals surface area contributed by atoms with Crippen LogP contribution in [0, 0.1) is 5.92 Å². The fourth-order valence-electron chi connectivity index (χ4n) is 3.87. The molecule has 1 amide bonds. The number of rotatable bonds is 7. The van der Waals surface area contributed by atoms with E-state index in [0.29, 0.717) is 19.4 Å². The molecule has 1 saturated carbocycles. The molecule has 1 aliphatic carbocycles. The highest BCUT2D eigenvalue weighted by Gasteiger charge is 2.27. The molecule has 1 aliphatic rings. The monoisotopic (exact) mass is 457 g/mol. The van der Waals surface area contributed by atoms with Crippen molar-refractivity contribution in [3.63, 3.8) is 0 Å². The number of methoxy groups -OCH3 is 1. The van der Waals surface area contributed by atoms with Gasteiger partial charge in [0.2, 0.25) is 5.91 Å². The van der Waals surface area contributed by atoms with Crippen LogP contribution in [-0.4, -0.2) is 19.0 Å². The Labute approximate surface area is 181 Å². The average Bonchev–Trinajstić information content (AvgIpc) is 2.77. The zero-order valence-electron chi connectivity index (χ0n) is 16.9. The lowest BCUT2D eigenvalue weighted by atomic mass is 9.88. The summed E-state index contributed by atoms with van der Waals surface area (Å²) in [6.45, 7) is 0.545. The van der Waals surface area contributed by atoms with Crippen molar-refractivity contribution < 1.29 is 14.3 Å². The van der Waals surface area contributed by atoms with E-state index in [-0.39, 0.29) is 17.8 Å². The summed E-state index contributed by atoms with van der Waals surface area (Å²) in [5.41, 5.74) is 3.02. The van der Waals surface area contributed by atoms with Crippen molar-refractivity contribution >= 4 is 33.5 Å². The second kappa shape index (κ2) is 10.6. The smallest absolute Gasteiger partial charge is 0.305 e. The predicted molar refractivity (Wildman–Crippen MR) is 119 cm³/mol. The number of hydrogen-bond acceptors (Lipinski definition) is 3. The first-order valence-corrected chi connectivity index (χ1v) is 11.1. The number of carbonyl (C=O) groups is 2. The molecule has 29 heavy (non-hydrogen) atoms. The van der Waals surface area contributed by atoms with E-state index in [1.54, 1.807) is 0 Å². The fourth-order valence-corrected chi connectivity index (χ4v) is 4.13. The van der Waals surface area contributed by atoms with Crippen molar-refractivity contribution in [2.45, 2.75) is 51.5 Å². The second-order valence-electron chi connectivity index (χ2n) is 7.63. The Morgan fingerprint density at radius 1 is 1.03 bits per heavy atom. The fraction of sp³-hybridized carbons (Fsp3) is 0.417. The average molecular weight is 458 g/mol. The van der Waals surface area contributed by atoms with Crippen LogP contribution in [0.15, 0.2) is 53.0 Å². The molecule has 0 unspecified atom stereocenters. The lowest BCUT2D eigenvalue weighted by molar-refractivity contribution is -0.140. The number of aryl methyl sites for hydroxylation is 1. The first kappa shape index (κ1) is 21.6. The third-order valence-electron chi connectivity index (χ3n) is 5.54. The van der Waals surface area contributed by atoms with Crippen molar-refractivity contribution in [2.75, 3.05) is 12.0 Å². The number of esters is 1. The van der Waals surface area contributed by atoms with Gasteiger partial charge < -0.3 is 9.64 Å². The molecule has 0 saturated heterocycles. The van der Waals surface area contributed by atoms with Gasteiger partial charge in [0.25, 0.3) is 0 Å².